The van der Waals surface area contributed by atoms with Crippen molar-refractivity contribution in [2.75, 3.05) is 32.4 Å². The van der Waals surface area contributed by atoms with Gasteiger partial charge < -0.3 is 34.7 Å². The number of benzene rings is 1. The number of hydrogen-bond donors (Lipinski definition) is 2. The van der Waals surface area contributed by atoms with Gasteiger partial charge in [0, 0.05) is 18.5 Å². The number of nitrogens with one attached hydrogen (secondary N) is 1. The van der Waals surface area contributed by atoms with E-state index in [0.29, 0.717) is 45.6 Å². The number of nitrogens with zero attached hydrogens (tertiary/aromatic N) is 2. The van der Waals surface area contributed by atoms with Gasteiger partial charge in [-0.3, -0.25) is 0 Å². The number of nitrogen functional groups attached to an aromatic ring is 1. The summed E-state index contributed by atoms with van der Waals surface area (Å²) in [7, 11) is 4.55. The Hall–Kier alpha value is -2.20. The quantitative estimate of drug-likeness (QED) is 0.592. The fourth-order valence-corrected chi connectivity index (χ4v) is 3.52. The maximum absolute atomic E-state index is 6.50. The molecule has 0 aliphatic carbocycles. The summed E-state index contributed by atoms with van der Waals surface area (Å²) in [5, 5.41) is 3.80. The molecule has 1 fully saturated rings. The third-order valence-corrected chi connectivity index (χ3v) is 5.05. The van der Waals surface area contributed by atoms with Gasteiger partial charge in [0.15, 0.2) is 24.1 Å². The van der Waals surface area contributed by atoms with Crippen molar-refractivity contribution in [3.05, 3.63) is 27.4 Å². The van der Waals surface area contributed by atoms with Gasteiger partial charge in [0.05, 0.1) is 26.4 Å². The van der Waals surface area contributed by atoms with Crippen molar-refractivity contribution in [2.45, 2.75) is 32.5 Å². The van der Waals surface area contributed by atoms with Gasteiger partial charge >= 0.3 is 0 Å². The molecule has 1 aliphatic heterocycles. The predicted octanol–water partition coefficient (Wildman–Crippen LogP) is 3.26. The monoisotopic (exact) mass is 444 g/mol. The van der Waals surface area contributed by atoms with E-state index < -0.39 is 6.29 Å². The first-order chi connectivity index (χ1) is 13.9. The minimum atomic E-state index is -0.417. The maximum atomic E-state index is 6.50. The molecule has 1 aromatic carbocycles. The van der Waals surface area contributed by atoms with Crippen molar-refractivity contribution >= 4 is 35.0 Å². The van der Waals surface area contributed by atoms with Crippen molar-refractivity contribution < 1.29 is 23.7 Å². The third-order valence-electron chi connectivity index (χ3n) is 4.32. The van der Waals surface area contributed by atoms with Crippen molar-refractivity contribution in [1.29, 1.82) is 0 Å². The zero-order valence-electron chi connectivity index (χ0n) is 16.4. The summed E-state index contributed by atoms with van der Waals surface area (Å²) in [6.07, 6.45) is -0.294. The molecule has 0 amide bonds. The highest BCUT2D eigenvalue weighted by Crippen LogP contribution is 2.44. The van der Waals surface area contributed by atoms with Crippen LogP contribution in [0.25, 0.3) is 0 Å². The Bertz CT molecular complexity index is 893. The van der Waals surface area contributed by atoms with Gasteiger partial charge in [-0.1, -0.05) is 23.2 Å². The van der Waals surface area contributed by atoms with E-state index >= 15 is 0 Å². The van der Waals surface area contributed by atoms with Crippen LogP contribution in [-0.4, -0.2) is 43.9 Å². The number of ether oxygens (including phenoxy) is 5. The van der Waals surface area contributed by atoms with Crippen LogP contribution in [0.15, 0.2) is 6.07 Å². The van der Waals surface area contributed by atoms with Crippen LogP contribution in [0.2, 0.25) is 10.2 Å². The summed E-state index contributed by atoms with van der Waals surface area (Å²) in [5.74, 6) is 1.76. The average molecular weight is 445 g/mol. The largest absolute Gasteiger partial charge is 0.493 e. The Labute approximate surface area is 178 Å². The number of halogens is 2. The summed E-state index contributed by atoms with van der Waals surface area (Å²) < 4.78 is 27.1. The van der Waals surface area contributed by atoms with Gasteiger partial charge in [0.25, 0.3) is 0 Å². The molecule has 2 heterocycles. The molecule has 2 aromatic rings. The number of nitrogens with two attached hydrogens (primary N) is 1. The molecule has 3 N–H and O–H groups in total. The van der Waals surface area contributed by atoms with E-state index in [-0.39, 0.29) is 23.9 Å². The maximum Gasteiger partial charge on any atom is 0.223 e. The molecule has 11 heteroatoms. The van der Waals surface area contributed by atoms with E-state index in [9.17, 15) is 0 Å². The first kappa shape index (κ1) is 21.5. The molecule has 0 saturated carbocycles. The molecule has 0 atom stereocenters. The summed E-state index contributed by atoms with van der Waals surface area (Å²) in [4.78, 5) is 8.27. The second-order valence-electron chi connectivity index (χ2n) is 6.15. The molecule has 3 rings (SSSR count). The van der Waals surface area contributed by atoms with Gasteiger partial charge in [-0.2, -0.15) is 4.98 Å². The van der Waals surface area contributed by atoms with Gasteiger partial charge in [-0.05, 0) is 18.6 Å². The van der Waals surface area contributed by atoms with Crippen LogP contribution >= 0.6 is 23.2 Å². The lowest BCUT2D eigenvalue weighted by Crippen LogP contribution is -2.40. The summed E-state index contributed by atoms with van der Waals surface area (Å²) in [5.41, 5.74) is 7.09. The number of hydrogen-bond acceptors (Lipinski definition) is 9. The van der Waals surface area contributed by atoms with Gasteiger partial charge in [0.2, 0.25) is 11.7 Å². The molecule has 29 heavy (non-hydrogen) atoms. The lowest BCUT2D eigenvalue weighted by atomic mass is 10.1. The second-order valence-corrected chi connectivity index (χ2v) is 6.88. The molecule has 0 spiro atoms. The van der Waals surface area contributed by atoms with Crippen LogP contribution in [0.1, 0.15) is 18.1 Å². The van der Waals surface area contributed by atoms with Crippen molar-refractivity contribution in [3.63, 3.8) is 0 Å². The van der Waals surface area contributed by atoms with E-state index in [1.807, 2.05) is 6.92 Å². The summed E-state index contributed by atoms with van der Waals surface area (Å²) in [6.45, 7) is 2.10. The molecular formula is C18H22Cl2N4O5. The Morgan fingerprint density at radius 3 is 2.38 bits per heavy atom. The lowest BCUT2D eigenvalue weighted by molar-refractivity contribution is -0.374. The Morgan fingerprint density at radius 1 is 1.10 bits per heavy atom. The molecule has 158 valence electrons. The molecular weight excluding hydrogens is 423 g/mol. The normalized spacial score (nSPS) is 18.1. The van der Waals surface area contributed by atoms with Gasteiger partial charge in [-0.25, -0.2) is 4.98 Å². The predicted molar refractivity (Wildman–Crippen MR) is 109 cm³/mol. The SMILES string of the molecule is COc1cc(CNc2nc(N)nc(Cl)c2CC2OC(C)O2)c(Cl)c(OC)c1OC. The minimum Gasteiger partial charge on any atom is -0.493 e. The summed E-state index contributed by atoms with van der Waals surface area (Å²) >= 11 is 12.8. The highest BCUT2D eigenvalue weighted by Gasteiger charge is 2.29. The van der Waals surface area contributed by atoms with Crippen molar-refractivity contribution in [1.82, 2.24) is 9.97 Å². The molecule has 9 nitrogen and oxygen atoms in total. The molecule has 0 bridgehead atoms. The zero-order valence-corrected chi connectivity index (χ0v) is 17.9. The smallest absolute Gasteiger partial charge is 0.223 e. The van der Waals surface area contributed by atoms with E-state index in [0.717, 1.165) is 0 Å². The standard InChI is InChI=1S/C18H22Cl2N4O5/c1-8-28-12(29-8)6-10-16(20)23-18(21)24-17(10)22-7-9-5-11(25-2)14(26-3)15(27-4)13(9)19/h5,8,12H,6-7H2,1-4H3,(H3,21,22,23,24). The second kappa shape index (κ2) is 9.08. The van der Waals surface area contributed by atoms with Crippen LogP contribution in [-0.2, 0) is 22.4 Å². The van der Waals surface area contributed by atoms with Crippen molar-refractivity contribution in [2.24, 2.45) is 0 Å². The fraction of sp³-hybridized carbons (Fsp3) is 0.444. The van der Waals surface area contributed by atoms with Gasteiger partial charge in [-0.15, -0.1) is 0 Å². The van der Waals surface area contributed by atoms with E-state index in [1.54, 1.807) is 6.07 Å². The first-order valence-electron chi connectivity index (χ1n) is 8.71. The Balaban J connectivity index is 1.88. The number of methoxy groups -OCH3 is 3. The number of rotatable bonds is 8. The molecule has 0 unspecified atom stereocenters. The topological polar surface area (TPSA) is 110 Å². The zero-order chi connectivity index (χ0) is 21.1. The van der Waals surface area contributed by atoms with Crippen LogP contribution in [0.4, 0.5) is 11.8 Å². The highest BCUT2D eigenvalue weighted by atomic mass is 35.5. The number of anilines is 2. The average Bonchev–Trinajstić information content (AvgIpc) is 2.67. The Morgan fingerprint density at radius 2 is 1.79 bits per heavy atom. The first-order valence-corrected chi connectivity index (χ1v) is 9.47. The third kappa shape index (κ3) is 4.53. The van der Waals surface area contributed by atoms with Crippen LogP contribution in [0, 0.1) is 0 Å². The van der Waals surface area contributed by atoms with Crippen LogP contribution in [0.3, 0.4) is 0 Å². The lowest BCUT2D eigenvalue weighted by Gasteiger charge is -2.34. The van der Waals surface area contributed by atoms with E-state index in [2.05, 4.69) is 15.3 Å². The van der Waals surface area contributed by atoms with Crippen molar-refractivity contribution in [3.8, 4) is 17.2 Å². The van der Waals surface area contributed by atoms with Gasteiger partial charge in [0.1, 0.15) is 11.0 Å². The Kier molecular flexibility index (Phi) is 6.74. The number of aromatic nitrogens is 2. The summed E-state index contributed by atoms with van der Waals surface area (Å²) in [6, 6.07) is 1.75. The molecule has 1 aliphatic rings. The van der Waals surface area contributed by atoms with Crippen LogP contribution < -0.4 is 25.3 Å². The molecule has 1 aromatic heterocycles. The van der Waals surface area contributed by atoms with E-state index in [1.165, 1.54) is 21.3 Å². The van der Waals surface area contributed by atoms with Crippen LogP contribution in [0.5, 0.6) is 17.2 Å². The van der Waals surface area contributed by atoms with E-state index in [4.69, 9.17) is 52.6 Å². The fourth-order valence-electron chi connectivity index (χ4n) is 2.98. The highest BCUT2D eigenvalue weighted by molar-refractivity contribution is 6.33. The minimum absolute atomic E-state index is 0.0426. The molecule has 1 saturated heterocycles. The molecule has 0 radical (unpaired) electrons.